The second-order valence-corrected chi connectivity index (χ2v) is 7.34. The van der Waals surface area contributed by atoms with E-state index in [2.05, 4.69) is 11.1 Å². The number of halogens is 1. The summed E-state index contributed by atoms with van der Waals surface area (Å²) in [6, 6.07) is 24.1. The molecular weight excluding hydrogens is 372 g/mol. The molecule has 2 aliphatic heterocycles. The number of rotatable bonds is 3. The zero-order chi connectivity index (χ0) is 19.1. The minimum absolute atomic E-state index is 0.105. The maximum Gasteiger partial charge on any atom is 0.217 e. The van der Waals surface area contributed by atoms with Crippen LogP contribution in [0.25, 0.3) is 0 Å². The molecule has 0 saturated heterocycles. The average Bonchev–Trinajstić information content (AvgIpc) is 3.19. The molecule has 0 fully saturated rings. The van der Waals surface area contributed by atoms with Crippen molar-refractivity contribution in [1.29, 1.82) is 0 Å². The van der Waals surface area contributed by atoms with Crippen molar-refractivity contribution in [2.24, 2.45) is 5.10 Å². The summed E-state index contributed by atoms with van der Waals surface area (Å²) in [4.78, 5) is 0. The molecule has 3 aromatic carbocycles. The molecule has 0 radical (unpaired) electrons. The van der Waals surface area contributed by atoms with Crippen LogP contribution in [0.3, 0.4) is 0 Å². The van der Waals surface area contributed by atoms with Crippen LogP contribution in [-0.4, -0.2) is 17.8 Å². The van der Waals surface area contributed by atoms with Crippen molar-refractivity contribution in [3.05, 3.63) is 94.5 Å². The number of hydrazone groups is 1. The Morgan fingerprint density at radius 3 is 2.61 bits per heavy atom. The Bertz CT molecular complexity index is 1070. The number of fused-ring (bicyclic) bond motifs is 3. The molecule has 5 heteroatoms. The molecule has 28 heavy (non-hydrogen) atoms. The van der Waals surface area contributed by atoms with Crippen LogP contribution in [0.15, 0.2) is 77.9 Å². The Labute approximate surface area is 169 Å². The summed E-state index contributed by atoms with van der Waals surface area (Å²) >= 11 is 6.21. The Morgan fingerprint density at radius 1 is 1.00 bits per heavy atom. The van der Waals surface area contributed by atoms with E-state index in [-0.39, 0.29) is 12.3 Å². The third-order valence-corrected chi connectivity index (χ3v) is 5.50. The first-order chi connectivity index (χ1) is 13.7. The molecule has 3 aromatic rings. The highest BCUT2D eigenvalue weighted by Crippen LogP contribution is 2.48. The van der Waals surface area contributed by atoms with Crippen molar-refractivity contribution in [3.8, 4) is 11.5 Å². The monoisotopic (exact) mass is 390 g/mol. The van der Waals surface area contributed by atoms with Crippen LogP contribution in [-0.2, 0) is 0 Å². The molecule has 0 N–H and O–H groups in total. The van der Waals surface area contributed by atoms with E-state index in [1.807, 2.05) is 66.7 Å². The van der Waals surface area contributed by atoms with E-state index in [0.717, 1.165) is 40.3 Å². The number of benzene rings is 3. The van der Waals surface area contributed by atoms with Crippen molar-refractivity contribution in [2.75, 3.05) is 7.11 Å². The van der Waals surface area contributed by atoms with E-state index < -0.39 is 0 Å². The highest BCUT2D eigenvalue weighted by Gasteiger charge is 2.41. The maximum atomic E-state index is 6.40. The van der Waals surface area contributed by atoms with Gasteiger partial charge in [0.2, 0.25) is 6.23 Å². The van der Waals surface area contributed by atoms with Crippen LogP contribution in [0, 0.1) is 0 Å². The Balaban J connectivity index is 1.62. The van der Waals surface area contributed by atoms with Gasteiger partial charge in [0.25, 0.3) is 0 Å². The number of hydrogen-bond donors (Lipinski definition) is 0. The van der Waals surface area contributed by atoms with Gasteiger partial charge in [0.15, 0.2) is 0 Å². The Hall–Kier alpha value is -2.98. The number of methoxy groups -OCH3 is 1. The second kappa shape index (κ2) is 6.88. The summed E-state index contributed by atoms with van der Waals surface area (Å²) in [7, 11) is 1.68. The van der Waals surface area contributed by atoms with Gasteiger partial charge >= 0.3 is 0 Å². The lowest BCUT2D eigenvalue weighted by Gasteiger charge is -2.38. The molecule has 140 valence electrons. The molecule has 0 spiro atoms. The third kappa shape index (κ3) is 2.81. The van der Waals surface area contributed by atoms with Gasteiger partial charge < -0.3 is 9.47 Å². The maximum absolute atomic E-state index is 6.40. The minimum atomic E-state index is -0.354. The number of nitrogens with zero attached hydrogens (tertiary/aromatic N) is 2. The standard InChI is InChI=1S/C23H19ClN2O2/c1-27-21-11-4-3-10-18(21)23-26-20(17-9-2-5-12-22(17)28-23)14-19(25-26)15-7-6-8-16(24)13-15/h2-13,20,23H,14H2,1H3/t20-,23+/m0/s1. The van der Waals surface area contributed by atoms with E-state index in [4.69, 9.17) is 26.2 Å². The zero-order valence-electron chi connectivity index (χ0n) is 15.4. The quantitative estimate of drug-likeness (QED) is 0.584. The van der Waals surface area contributed by atoms with Gasteiger partial charge in [-0.3, -0.25) is 0 Å². The molecule has 5 rings (SSSR count). The zero-order valence-corrected chi connectivity index (χ0v) is 16.1. The molecule has 2 atom stereocenters. The van der Waals surface area contributed by atoms with Crippen molar-refractivity contribution in [3.63, 3.8) is 0 Å². The molecule has 2 aliphatic rings. The van der Waals surface area contributed by atoms with Crippen LogP contribution in [0.4, 0.5) is 0 Å². The van der Waals surface area contributed by atoms with E-state index >= 15 is 0 Å². The first-order valence-corrected chi connectivity index (χ1v) is 9.62. The smallest absolute Gasteiger partial charge is 0.217 e. The number of para-hydroxylation sites is 2. The van der Waals surface area contributed by atoms with Crippen molar-refractivity contribution in [1.82, 2.24) is 5.01 Å². The molecule has 0 amide bonds. The van der Waals surface area contributed by atoms with Gasteiger partial charge in [-0.15, -0.1) is 0 Å². The van der Waals surface area contributed by atoms with Gasteiger partial charge in [-0.25, -0.2) is 5.01 Å². The Morgan fingerprint density at radius 2 is 1.79 bits per heavy atom. The Kier molecular flexibility index (Phi) is 4.21. The number of ether oxygens (including phenoxy) is 2. The van der Waals surface area contributed by atoms with Gasteiger partial charge in [-0.05, 0) is 35.9 Å². The molecule has 0 unspecified atom stereocenters. The second-order valence-electron chi connectivity index (χ2n) is 6.91. The summed E-state index contributed by atoms with van der Waals surface area (Å²) in [6.45, 7) is 0. The number of hydrogen-bond acceptors (Lipinski definition) is 4. The van der Waals surface area contributed by atoms with Crippen molar-refractivity contribution < 1.29 is 9.47 Å². The molecule has 4 nitrogen and oxygen atoms in total. The minimum Gasteiger partial charge on any atom is -0.496 e. The molecule has 2 heterocycles. The first-order valence-electron chi connectivity index (χ1n) is 9.25. The van der Waals surface area contributed by atoms with Crippen molar-refractivity contribution in [2.45, 2.75) is 18.7 Å². The van der Waals surface area contributed by atoms with Crippen LogP contribution >= 0.6 is 11.6 Å². The van der Waals surface area contributed by atoms with E-state index in [1.54, 1.807) is 7.11 Å². The van der Waals surface area contributed by atoms with Gasteiger partial charge in [-0.1, -0.05) is 54.1 Å². The van der Waals surface area contributed by atoms with Crippen LogP contribution in [0.5, 0.6) is 11.5 Å². The van der Waals surface area contributed by atoms with E-state index in [1.165, 1.54) is 0 Å². The molecule has 0 bridgehead atoms. The predicted molar refractivity (Wildman–Crippen MR) is 110 cm³/mol. The predicted octanol–water partition coefficient (Wildman–Crippen LogP) is 5.59. The largest absolute Gasteiger partial charge is 0.496 e. The normalized spacial score (nSPS) is 20.1. The summed E-state index contributed by atoms with van der Waals surface area (Å²) in [5, 5.41) is 7.73. The average molecular weight is 391 g/mol. The molecule has 0 aliphatic carbocycles. The third-order valence-electron chi connectivity index (χ3n) is 5.26. The highest BCUT2D eigenvalue weighted by atomic mass is 35.5. The molecule has 0 aromatic heterocycles. The lowest BCUT2D eigenvalue weighted by atomic mass is 9.96. The van der Waals surface area contributed by atoms with E-state index in [0.29, 0.717) is 5.02 Å². The summed E-state index contributed by atoms with van der Waals surface area (Å²) in [5.41, 5.74) is 4.15. The topological polar surface area (TPSA) is 34.1 Å². The summed E-state index contributed by atoms with van der Waals surface area (Å²) in [5.74, 6) is 1.68. The SMILES string of the molecule is COc1ccccc1[C@H]1Oc2ccccc2[C@@H]2CC(c3cccc(Cl)c3)=NN12. The fourth-order valence-corrected chi connectivity index (χ4v) is 4.14. The highest BCUT2D eigenvalue weighted by molar-refractivity contribution is 6.31. The van der Waals surface area contributed by atoms with Crippen LogP contribution in [0.2, 0.25) is 5.02 Å². The molecule has 0 saturated carbocycles. The van der Waals surface area contributed by atoms with E-state index in [9.17, 15) is 0 Å². The first kappa shape index (κ1) is 17.1. The van der Waals surface area contributed by atoms with Gasteiger partial charge in [0, 0.05) is 17.0 Å². The van der Waals surface area contributed by atoms with Crippen LogP contribution in [0.1, 0.15) is 35.4 Å². The van der Waals surface area contributed by atoms with Crippen LogP contribution < -0.4 is 9.47 Å². The summed E-state index contributed by atoms with van der Waals surface area (Å²) in [6.07, 6.45) is 0.444. The lowest BCUT2D eigenvalue weighted by Crippen LogP contribution is -2.33. The summed E-state index contributed by atoms with van der Waals surface area (Å²) < 4.78 is 12.0. The van der Waals surface area contributed by atoms with Gasteiger partial charge in [0.05, 0.1) is 24.4 Å². The van der Waals surface area contributed by atoms with Gasteiger partial charge in [-0.2, -0.15) is 5.10 Å². The lowest BCUT2D eigenvalue weighted by molar-refractivity contribution is -0.0203. The fourth-order valence-electron chi connectivity index (χ4n) is 3.95. The fraction of sp³-hybridized carbons (Fsp3) is 0.174. The molecular formula is C23H19ClN2O2. The van der Waals surface area contributed by atoms with Gasteiger partial charge in [0.1, 0.15) is 11.5 Å². The van der Waals surface area contributed by atoms with Crippen molar-refractivity contribution >= 4 is 17.3 Å².